The minimum atomic E-state index is -1.40. The highest BCUT2D eigenvalue weighted by molar-refractivity contribution is 6.38. The van der Waals surface area contributed by atoms with Gasteiger partial charge >= 0.3 is 11.7 Å². The average Bonchev–Trinajstić information content (AvgIpc) is 3.70. The highest BCUT2D eigenvalue weighted by Gasteiger charge is 2.45. The third-order valence-electron chi connectivity index (χ3n) is 10.7. The topological polar surface area (TPSA) is 241 Å². The van der Waals surface area contributed by atoms with Crippen molar-refractivity contribution in [3.05, 3.63) is 107 Å². The smallest absolute Gasteiger partial charge is 0.330 e. The number of carboxylic acids is 1. The Morgan fingerprint density at radius 3 is 2.15 bits per heavy atom. The molecule has 6 N–H and O–H groups in total. The number of likely N-dealkylation sites (tertiary alicyclic amines) is 1. The molecule has 0 spiro atoms. The van der Waals surface area contributed by atoms with Crippen LogP contribution >= 0.6 is 0 Å². The first kappa shape index (κ1) is 44.6. The molecule has 1 aliphatic heterocycles. The molecule has 1 saturated carbocycles. The molecule has 3 unspecified atom stereocenters. The first-order valence-electron chi connectivity index (χ1n) is 20.1. The molecule has 0 radical (unpaired) electrons. The van der Waals surface area contributed by atoms with Gasteiger partial charge < -0.3 is 36.0 Å². The molecule has 1 aliphatic carbocycles. The standard InChI is InChI=1S/C43H50N6O11/c1-2-14-32(38(51)41(54)44-24-35(50)46-37(43(56)57)29-19-10-5-11-20-29)45-40(53)34-23-30(60-26-27-15-6-3-7-16-27)25-48(34)42(55)36(28-17-8-4-9-18-28)47-39(52)31-21-12-13-22-33(31)49(58)59/h3,5-7,10-13,15-16,19-22,28,30,32,34,36-37H,2,4,8-9,14,17-18,23-26H2,1H3,(H5-,44,45,46,47,50,52,53,54,56,57,58,59)/p+1/t30-,32?,34+,36?,37?/m1/s1. The average molecular weight is 828 g/mol. The Morgan fingerprint density at radius 2 is 1.50 bits per heavy atom. The van der Waals surface area contributed by atoms with E-state index in [1.807, 2.05) is 30.3 Å². The lowest BCUT2D eigenvalue weighted by Gasteiger charge is -2.34. The monoisotopic (exact) mass is 827 g/mol. The van der Waals surface area contributed by atoms with E-state index in [9.17, 15) is 48.8 Å². The first-order chi connectivity index (χ1) is 28.9. The van der Waals surface area contributed by atoms with Crippen molar-refractivity contribution in [2.75, 3.05) is 13.1 Å². The van der Waals surface area contributed by atoms with E-state index >= 15 is 0 Å². The normalized spacial score (nSPS) is 18.0. The van der Waals surface area contributed by atoms with Crippen LogP contribution in [0.5, 0.6) is 0 Å². The minimum Gasteiger partial charge on any atom is -0.479 e. The van der Waals surface area contributed by atoms with Crippen molar-refractivity contribution in [1.29, 1.82) is 0 Å². The number of carbonyl (C=O) groups is 7. The van der Waals surface area contributed by atoms with Crippen molar-refractivity contribution in [3.8, 4) is 0 Å². The highest BCUT2D eigenvalue weighted by atomic mass is 16.6. The van der Waals surface area contributed by atoms with Crippen LogP contribution in [0.1, 0.15) is 85.8 Å². The highest BCUT2D eigenvalue weighted by Crippen LogP contribution is 2.31. The molecule has 1 heterocycles. The number of aliphatic carboxylic acids is 1. The fourth-order valence-electron chi connectivity index (χ4n) is 7.65. The maximum atomic E-state index is 14.7. The summed E-state index contributed by atoms with van der Waals surface area (Å²) in [4.78, 5) is 106. The quantitative estimate of drug-likeness (QED) is 0.0757. The van der Waals surface area contributed by atoms with Gasteiger partial charge in [0.1, 0.15) is 17.6 Å². The number of nitrogens with one attached hydrogen (secondary N) is 4. The Hall–Kier alpha value is -6.49. The summed E-state index contributed by atoms with van der Waals surface area (Å²) in [5.74, 6) is -6.82. The summed E-state index contributed by atoms with van der Waals surface area (Å²) in [6, 6.07) is 17.8. The fourth-order valence-corrected chi connectivity index (χ4v) is 7.65. The van der Waals surface area contributed by atoms with Gasteiger partial charge in [-0.3, -0.25) is 28.8 Å². The van der Waals surface area contributed by atoms with Crippen LogP contribution in [0.15, 0.2) is 84.9 Å². The van der Waals surface area contributed by atoms with Gasteiger partial charge in [-0.1, -0.05) is 105 Å². The van der Waals surface area contributed by atoms with Gasteiger partial charge in [0.15, 0.2) is 6.04 Å². The molecule has 3 aromatic rings. The summed E-state index contributed by atoms with van der Waals surface area (Å²) in [6.07, 6.45) is 3.55. The van der Waals surface area contributed by atoms with Crippen LogP contribution in [0.4, 0.5) is 5.69 Å². The molecule has 2 aliphatic rings. The van der Waals surface area contributed by atoms with Crippen molar-refractivity contribution in [1.82, 2.24) is 26.2 Å². The van der Waals surface area contributed by atoms with Gasteiger partial charge in [-0.25, -0.2) is 10.0 Å². The number of Topliss-reactive ketones (excluding diaryl/α,β-unsaturated/α-hetero) is 1. The molecule has 5 rings (SSSR count). The lowest BCUT2D eigenvalue weighted by molar-refractivity contribution is -0.729. The summed E-state index contributed by atoms with van der Waals surface area (Å²) in [6.45, 7) is 1.16. The summed E-state index contributed by atoms with van der Waals surface area (Å²) in [7, 11) is 0. The third-order valence-corrected chi connectivity index (χ3v) is 10.7. The third kappa shape index (κ3) is 11.8. The second-order valence-electron chi connectivity index (χ2n) is 14.9. The number of carboxylic acid groups (broad SMARTS) is 1. The number of ketones is 1. The molecule has 5 atom stereocenters. The summed E-state index contributed by atoms with van der Waals surface area (Å²) >= 11 is 0. The number of rotatable bonds is 19. The molecule has 3 aromatic carbocycles. The van der Waals surface area contributed by atoms with E-state index in [1.165, 1.54) is 41.3 Å². The second kappa shape index (κ2) is 21.5. The molecule has 17 nitrogen and oxygen atoms in total. The molecular formula is C43H51N6O11+. The summed E-state index contributed by atoms with van der Waals surface area (Å²) in [5, 5.41) is 29.3. The van der Waals surface area contributed by atoms with E-state index in [1.54, 1.807) is 25.1 Å². The lowest BCUT2D eigenvalue weighted by atomic mass is 9.83. The van der Waals surface area contributed by atoms with Crippen molar-refractivity contribution >= 4 is 47.0 Å². The predicted octanol–water partition coefficient (Wildman–Crippen LogP) is 3.26. The molecule has 5 amide bonds. The molecule has 1 saturated heterocycles. The van der Waals surface area contributed by atoms with Crippen molar-refractivity contribution in [3.63, 3.8) is 0 Å². The van der Waals surface area contributed by atoms with E-state index in [4.69, 9.17) is 4.74 Å². The SMILES string of the molecule is CCCC(NC(=O)[C@@H]1C[C@@H](OCc2ccccc2)CN1C(=O)C(NC(=O)c1ccccc1[N+](=O)O)C1CCCCC1)C(=O)C(=O)NCC(=O)NC(C(=O)O)c1ccccc1. The van der Waals surface area contributed by atoms with Crippen LogP contribution in [0.3, 0.4) is 0 Å². The number of para-hydroxylation sites is 1. The fraction of sp³-hybridized carbons (Fsp3) is 0.419. The zero-order chi connectivity index (χ0) is 43.2. The van der Waals surface area contributed by atoms with Crippen molar-refractivity contribution < 1.29 is 53.5 Å². The number of carbonyl (C=O) groups excluding carboxylic acids is 6. The zero-order valence-corrected chi connectivity index (χ0v) is 33.3. The Balaban J connectivity index is 1.33. The number of benzene rings is 3. The maximum absolute atomic E-state index is 14.7. The predicted molar refractivity (Wildman–Crippen MR) is 214 cm³/mol. The van der Waals surface area contributed by atoms with Gasteiger partial charge in [-0.05, 0) is 42.4 Å². The van der Waals surface area contributed by atoms with Gasteiger partial charge in [0.05, 0.1) is 30.2 Å². The van der Waals surface area contributed by atoms with E-state index in [-0.39, 0.29) is 43.2 Å². The Labute approximate surface area is 346 Å². The molecule has 0 aromatic heterocycles. The maximum Gasteiger partial charge on any atom is 0.330 e. The number of amides is 5. The van der Waals surface area contributed by atoms with Gasteiger partial charge in [-0.15, -0.1) is 0 Å². The Morgan fingerprint density at radius 1 is 0.850 bits per heavy atom. The van der Waals surface area contributed by atoms with Crippen LogP contribution in [-0.2, 0) is 40.1 Å². The molecular weight excluding hydrogens is 777 g/mol. The van der Waals surface area contributed by atoms with E-state index in [0.717, 1.165) is 24.8 Å². The summed E-state index contributed by atoms with van der Waals surface area (Å²) < 4.78 is 6.20. The number of hydrogen-bond donors (Lipinski definition) is 6. The van der Waals surface area contributed by atoms with E-state index in [0.29, 0.717) is 24.8 Å². The van der Waals surface area contributed by atoms with Crippen LogP contribution in [-0.4, -0.2) is 98.7 Å². The molecule has 17 heteroatoms. The van der Waals surface area contributed by atoms with Crippen LogP contribution in [0.2, 0.25) is 0 Å². The van der Waals surface area contributed by atoms with Crippen molar-refractivity contribution in [2.45, 2.75) is 95.2 Å². The van der Waals surface area contributed by atoms with Crippen LogP contribution < -0.4 is 21.3 Å². The summed E-state index contributed by atoms with van der Waals surface area (Å²) in [5.41, 5.74) is 0.690. The Kier molecular flexibility index (Phi) is 16.0. The van der Waals surface area contributed by atoms with Crippen LogP contribution in [0.25, 0.3) is 0 Å². The first-order valence-corrected chi connectivity index (χ1v) is 20.1. The van der Waals surface area contributed by atoms with Gasteiger partial charge in [0, 0.05) is 19.0 Å². The lowest BCUT2D eigenvalue weighted by Crippen LogP contribution is -2.58. The second-order valence-corrected chi connectivity index (χ2v) is 14.9. The van der Waals surface area contributed by atoms with Gasteiger partial charge in [0.2, 0.25) is 23.5 Å². The Bertz CT molecular complexity index is 2030. The van der Waals surface area contributed by atoms with Gasteiger partial charge in [0.25, 0.3) is 16.7 Å². The van der Waals surface area contributed by atoms with E-state index < -0.39 is 83.0 Å². The minimum absolute atomic E-state index is 0.0276. The molecule has 318 valence electrons. The van der Waals surface area contributed by atoms with Crippen LogP contribution in [0, 0.1) is 10.8 Å². The number of nitrogens with zero attached hydrogens (tertiary/aromatic N) is 2. The largest absolute Gasteiger partial charge is 0.479 e. The van der Waals surface area contributed by atoms with E-state index in [2.05, 4.69) is 21.3 Å². The number of hydrogen-bond acceptors (Lipinski definition) is 9. The zero-order valence-electron chi connectivity index (χ0n) is 33.3. The van der Waals surface area contributed by atoms with Crippen molar-refractivity contribution in [2.24, 2.45) is 5.92 Å². The molecule has 60 heavy (non-hydrogen) atoms. The van der Waals surface area contributed by atoms with Gasteiger partial charge in [-0.2, -0.15) is 0 Å². The number of ether oxygens (including phenoxy) is 1. The molecule has 2 fully saturated rings. The molecule has 0 bridgehead atoms.